The van der Waals surface area contributed by atoms with Crippen LogP contribution in [0.1, 0.15) is 17.5 Å². The Kier molecular flexibility index (Phi) is 6.17. The lowest BCUT2D eigenvalue weighted by atomic mass is 10.0. The summed E-state index contributed by atoms with van der Waals surface area (Å²) in [6.07, 6.45) is -1.64. The van der Waals surface area contributed by atoms with Gasteiger partial charge in [0.05, 0.1) is 16.3 Å². The molecule has 0 heterocycles. The standard InChI is InChI=1S/C12H16ClN3O4/c1-9-2-4-11(14-7-6-13)10(8-9)3-5-12(15(17)18)16(19)20/h2,4,8,12,14H,3,5-7H2,1H3. The minimum atomic E-state index is -1.77. The van der Waals surface area contributed by atoms with Gasteiger partial charge in [-0.15, -0.1) is 11.6 Å². The van der Waals surface area contributed by atoms with Crippen molar-refractivity contribution in [2.24, 2.45) is 0 Å². The molecule has 1 aromatic carbocycles. The van der Waals surface area contributed by atoms with E-state index in [4.69, 9.17) is 11.6 Å². The Morgan fingerprint density at radius 1 is 1.30 bits per heavy atom. The van der Waals surface area contributed by atoms with E-state index in [1.807, 2.05) is 25.1 Å². The van der Waals surface area contributed by atoms with Gasteiger partial charge in [-0.25, -0.2) is 0 Å². The molecule has 0 saturated carbocycles. The summed E-state index contributed by atoms with van der Waals surface area (Å²) in [6, 6.07) is 5.62. The van der Waals surface area contributed by atoms with Crippen molar-refractivity contribution in [3.05, 3.63) is 49.6 Å². The number of hydrogen-bond acceptors (Lipinski definition) is 5. The molecule has 0 atom stereocenters. The van der Waals surface area contributed by atoms with Gasteiger partial charge in [0, 0.05) is 18.1 Å². The SMILES string of the molecule is Cc1ccc(NCCCl)c(CCC([N+](=O)[O-])[N+](=O)[O-])c1. The summed E-state index contributed by atoms with van der Waals surface area (Å²) >= 11 is 5.60. The van der Waals surface area contributed by atoms with E-state index in [1.54, 1.807) is 0 Å². The zero-order valence-electron chi connectivity index (χ0n) is 11.0. The van der Waals surface area contributed by atoms with Gasteiger partial charge in [0.25, 0.3) is 0 Å². The second-order valence-corrected chi connectivity index (χ2v) is 4.74. The van der Waals surface area contributed by atoms with Gasteiger partial charge in [-0.3, -0.25) is 20.2 Å². The van der Waals surface area contributed by atoms with Crippen molar-refractivity contribution in [1.82, 2.24) is 0 Å². The van der Waals surface area contributed by atoms with Gasteiger partial charge in [-0.2, -0.15) is 0 Å². The number of rotatable bonds is 8. The summed E-state index contributed by atoms with van der Waals surface area (Å²) in [5, 5.41) is 24.3. The van der Waals surface area contributed by atoms with Crippen molar-refractivity contribution >= 4 is 17.3 Å². The van der Waals surface area contributed by atoms with Crippen LogP contribution in [0.15, 0.2) is 18.2 Å². The molecule has 0 fully saturated rings. The number of nitro groups is 2. The highest BCUT2D eigenvalue weighted by atomic mass is 35.5. The summed E-state index contributed by atoms with van der Waals surface area (Å²) in [6.45, 7) is 2.46. The Morgan fingerprint density at radius 2 is 1.95 bits per heavy atom. The predicted octanol–water partition coefficient (Wildman–Crippen LogP) is 2.46. The number of nitrogens with zero attached hydrogens (tertiary/aromatic N) is 2. The first kappa shape index (κ1) is 16.2. The summed E-state index contributed by atoms with van der Waals surface area (Å²) in [4.78, 5) is 19.5. The first-order chi connectivity index (χ1) is 9.45. The molecule has 0 aromatic heterocycles. The van der Waals surface area contributed by atoms with Crippen LogP contribution in [-0.4, -0.2) is 28.4 Å². The Labute approximate surface area is 121 Å². The number of nitrogens with one attached hydrogen (secondary N) is 1. The lowest BCUT2D eigenvalue weighted by molar-refractivity contribution is -0.742. The summed E-state index contributed by atoms with van der Waals surface area (Å²) < 4.78 is 0. The third kappa shape index (κ3) is 4.65. The van der Waals surface area contributed by atoms with Crippen LogP contribution in [0.5, 0.6) is 0 Å². The maximum absolute atomic E-state index is 10.6. The molecule has 0 bridgehead atoms. The Morgan fingerprint density at radius 3 is 2.50 bits per heavy atom. The predicted molar refractivity (Wildman–Crippen MR) is 76.5 cm³/mol. The summed E-state index contributed by atoms with van der Waals surface area (Å²) in [5.41, 5.74) is 2.63. The second-order valence-electron chi connectivity index (χ2n) is 4.37. The van der Waals surface area contributed by atoms with E-state index >= 15 is 0 Å². The van der Waals surface area contributed by atoms with Crippen molar-refractivity contribution in [2.75, 3.05) is 17.7 Å². The minimum absolute atomic E-state index is 0.140. The smallest absolute Gasteiger partial charge is 0.384 e. The molecule has 0 saturated heterocycles. The number of hydrogen-bond donors (Lipinski definition) is 1. The van der Waals surface area contributed by atoms with E-state index in [0.29, 0.717) is 12.4 Å². The van der Waals surface area contributed by atoms with Gasteiger partial charge in [0.1, 0.15) is 0 Å². The zero-order valence-corrected chi connectivity index (χ0v) is 11.8. The van der Waals surface area contributed by atoms with Crippen molar-refractivity contribution in [3.63, 3.8) is 0 Å². The second kappa shape index (κ2) is 7.64. The van der Waals surface area contributed by atoms with Crippen LogP contribution in [0.2, 0.25) is 0 Å². The Balaban J connectivity index is 2.81. The van der Waals surface area contributed by atoms with Crippen LogP contribution < -0.4 is 5.32 Å². The highest BCUT2D eigenvalue weighted by Crippen LogP contribution is 2.20. The molecule has 0 aliphatic carbocycles. The van der Waals surface area contributed by atoms with E-state index in [-0.39, 0.29) is 12.8 Å². The lowest BCUT2D eigenvalue weighted by Gasteiger charge is -2.12. The van der Waals surface area contributed by atoms with Crippen LogP contribution in [0.3, 0.4) is 0 Å². The molecule has 0 amide bonds. The average molecular weight is 302 g/mol. The molecular weight excluding hydrogens is 286 g/mol. The van der Waals surface area contributed by atoms with Crippen LogP contribution in [0.4, 0.5) is 5.69 Å². The topological polar surface area (TPSA) is 98.3 Å². The molecule has 1 rings (SSSR count). The lowest BCUT2D eigenvalue weighted by Crippen LogP contribution is -2.29. The largest absolute Gasteiger partial charge is 0.451 e. The fraction of sp³-hybridized carbons (Fsp3) is 0.500. The molecule has 1 N–H and O–H groups in total. The van der Waals surface area contributed by atoms with Gasteiger partial charge in [-0.05, 0) is 25.0 Å². The molecule has 0 radical (unpaired) electrons. The van der Waals surface area contributed by atoms with Gasteiger partial charge in [0.2, 0.25) is 0 Å². The third-order valence-corrected chi connectivity index (χ3v) is 3.02. The molecular formula is C12H16ClN3O4. The number of aryl methyl sites for hydroxylation is 2. The molecule has 110 valence electrons. The zero-order chi connectivity index (χ0) is 15.1. The molecule has 8 heteroatoms. The molecule has 1 aromatic rings. The van der Waals surface area contributed by atoms with E-state index in [0.717, 1.165) is 16.8 Å². The van der Waals surface area contributed by atoms with Gasteiger partial charge < -0.3 is 5.32 Å². The first-order valence-corrected chi connectivity index (χ1v) is 6.65. The molecule has 0 unspecified atom stereocenters. The normalized spacial score (nSPS) is 10.6. The van der Waals surface area contributed by atoms with Crippen molar-refractivity contribution in [3.8, 4) is 0 Å². The monoisotopic (exact) mass is 301 g/mol. The fourth-order valence-electron chi connectivity index (χ4n) is 1.86. The van der Waals surface area contributed by atoms with Gasteiger partial charge >= 0.3 is 6.17 Å². The van der Waals surface area contributed by atoms with E-state index in [1.165, 1.54) is 0 Å². The molecule has 7 nitrogen and oxygen atoms in total. The highest BCUT2D eigenvalue weighted by Gasteiger charge is 2.31. The Bertz CT molecular complexity index is 482. The van der Waals surface area contributed by atoms with E-state index < -0.39 is 16.0 Å². The quantitative estimate of drug-likeness (QED) is 0.344. The van der Waals surface area contributed by atoms with Crippen molar-refractivity contribution < 1.29 is 9.85 Å². The van der Waals surface area contributed by atoms with Crippen molar-refractivity contribution in [2.45, 2.75) is 25.9 Å². The molecule has 0 aliphatic rings. The summed E-state index contributed by atoms with van der Waals surface area (Å²) in [5.74, 6) is 0.430. The fourth-order valence-corrected chi connectivity index (χ4v) is 1.95. The van der Waals surface area contributed by atoms with Crippen LogP contribution in [0.25, 0.3) is 0 Å². The van der Waals surface area contributed by atoms with Crippen LogP contribution in [-0.2, 0) is 6.42 Å². The highest BCUT2D eigenvalue weighted by molar-refractivity contribution is 6.18. The van der Waals surface area contributed by atoms with E-state index in [9.17, 15) is 20.2 Å². The molecule has 0 spiro atoms. The number of anilines is 1. The third-order valence-electron chi connectivity index (χ3n) is 2.83. The molecule has 0 aliphatic heterocycles. The van der Waals surface area contributed by atoms with Crippen molar-refractivity contribution in [1.29, 1.82) is 0 Å². The van der Waals surface area contributed by atoms with Gasteiger partial charge in [0.15, 0.2) is 0 Å². The summed E-state index contributed by atoms with van der Waals surface area (Å²) in [7, 11) is 0. The minimum Gasteiger partial charge on any atom is -0.384 e. The first-order valence-electron chi connectivity index (χ1n) is 6.12. The number of benzene rings is 1. The van der Waals surface area contributed by atoms with Gasteiger partial charge in [-0.1, -0.05) is 17.7 Å². The van der Waals surface area contributed by atoms with Crippen LogP contribution in [0, 0.1) is 27.2 Å². The maximum atomic E-state index is 10.6. The maximum Gasteiger partial charge on any atom is 0.451 e. The van der Waals surface area contributed by atoms with Crippen LogP contribution >= 0.6 is 11.6 Å². The average Bonchev–Trinajstić information content (AvgIpc) is 2.37. The van der Waals surface area contributed by atoms with E-state index in [2.05, 4.69) is 5.32 Å². The number of alkyl halides is 1. The number of halogens is 1. The Hall–Kier alpha value is -1.89. The molecule has 20 heavy (non-hydrogen) atoms.